The maximum Gasteiger partial charge on any atom is 0.115 e. The zero-order valence-corrected chi connectivity index (χ0v) is 13.9. The predicted octanol–water partition coefficient (Wildman–Crippen LogP) is 4.90. The Morgan fingerprint density at radius 2 is 2.20 bits per heavy atom. The second-order valence-corrected chi connectivity index (χ2v) is 7.10. The van der Waals surface area contributed by atoms with Crippen molar-refractivity contribution in [1.29, 1.82) is 0 Å². The zero-order chi connectivity index (χ0) is 13.9. The van der Waals surface area contributed by atoms with Crippen molar-refractivity contribution in [2.75, 3.05) is 0 Å². The van der Waals surface area contributed by atoms with Crippen molar-refractivity contribution in [2.24, 2.45) is 0 Å². The molecule has 0 aliphatic heterocycles. The average Bonchev–Trinajstić information content (AvgIpc) is 3.26. The van der Waals surface area contributed by atoms with E-state index in [2.05, 4.69) is 38.4 Å². The Hall–Kier alpha value is -0.550. The quantitative estimate of drug-likeness (QED) is 0.811. The topological polar surface area (TPSA) is 24.9 Å². The molecule has 0 amide bonds. The molecule has 2 nitrogen and oxygen atoms in total. The van der Waals surface area contributed by atoms with E-state index in [0.717, 1.165) is 26.0 Å². The van der Waals surface area contributed by atoms with Crippen LogP contribution in [0.25, 0.3) is 0 Å². The van der Waals surface area contributed by atoms with Crippen molar-refractivity contribution < 1.29 is 0 Å². The predicted molar refractivity (Wildman–Crippen MR) is 87.4 cm³/mol. The summed E-state index contributed by atoms with van der Waals surface area (Å²) in [5, 5.41) is 5.20. The van der Waals surface area contributed by atoms with Gasteiger partial charge >= 0.3 is 0 Å². The van der Waals surface area contributed by atoms with Crippen LogP contribution in [0.3, 0.4) is 0 Å². The summed E-state index contributed by atoms with van der Waals surface area (Å²) in [5.74, 6) is 0. The highest BCUT2D eigenvalue weighted by Gasteiger charge is 2.20. The highest BCUT2D eigenvalue weighted by Crippen LogP contribution is 2.36. The smallest absolute Gasteiger partial charge is 0.115 e. The molecule has 1 aromatic carbocycles. The Morgan fingerprint density at radius 1 is 1.35 bits per heavy atom. The molecule has 1 aliphatic carbocycles. The fourth-order valence-electron chi connectivity index (χ4n) is 1.84. The molecule has 0 atom stereocenters. The molecule has 1 fully saturated rings. The molecule has 0 saturated heterocycles. The molecule has 104 valence electrons. The van der Waals surface area contributed by atoms with Crippen molar-refractivity contribution in [3.8, 4) is 0 Å². The van der Waals surface area contributed by atoms with E-state index < -0.39 is 0 Å². The third kappa shape index (κ3) is 3.76. The molecule has 0 bridgehead atoms. The fraction of sp³-hybridized carbons (Fsp3) is 0.267. The van der Waals surface area contributed by atoms with Crippen molar-refractivity contribution in [3.63, 3.8) is 0 Å². The van der Waals surface area contributed by atoms with Crippen molar-refractivity contribution in [3.05, 3.63) is 51.6 Å². The Balaban J connectivity index is 1.71. The number of hydrogen-bond acceptors (Lipinski definition) is 3. The van der Waals surface area contributed by atoms with Gasteiger partial charge in [0.1, 0.15) is 5.03 Å². The minimum atomic E-state index is 0.715. The molecule has 0 unspecified atom stereocenters. The van der Waals surface area contributed by atoms with Crippen LogP contribution in [0.5, 0.6) is 0 Å². The van der Waals surface area contributed by atoms with E-state index in [1.165, 1.54) is 18.4 Å². The number of nitrogens with zero attached hydrogens (tertiary/aromatic N) is 1. The summed E-state index contributed by atoms with van der Waals surface area (Å²) < 4.78 is 0.987. The van der Waals surface area contributed by atoms with Crippen LogP contribution in [-0.2, 0) is 6.54 Å². The largest absolute Gasteiger partial charge is 0.310 e. The summed E-state index contributed by atoms with van der Waals surface area (Å²) in [6, 6.07) is 10.8. The van der Waals surface area contributed by atoms with Gasteiger partial charge < -0.3 is 5.32 Å². The van der Waals surface area contributed by atoms with Gasteiger partial charge in [0.15, 0.2) is 0 Å². The van der Waals surface area contributed by atoms with Crippen LogP contribution in [0.1, 0.15) is 18.4 Å². The van der Waals surface area contributed by atoms with Crippen molar-refractivity contribution in [1.82, 2.24) is 10.3 Å². The van der Waals surface area contributed by atoms with Gasteiger partial charge in [0.25, 0.3) is 0 Å². The summed E-state index contributed by atoms with van der Waals surface area (Å²) in [6.45, 7) is 0.891. The Kier molecular flexibility index (Phi) is 4.66. The van der Waals surface area contributed by atoms with Crippen molar-refractivity contribution >= 4 is 39.3 Å². The Labute approximate surface area is 136 Å². The molecule has 0 radical (unpaired) electrons. The van der Waals surface area contributed by atoms with Crippen LogP contribution in [-0.4, -0.2) is 11.0 Å². The summed E-state index contributed by atoms with van der Waals surface area (Å²) in [4.78, 5) is 5.38. The van der Waals surface area contributed by atoms with Gasteiger partial charge in [-0.15, -0.1) is 0 Å². The Bertz CT molecular complexity index is 617. The summed E-state index contributed by atoms with van der Waals surface area (Å²) >= 11 is 11.5. The minimum Gasteiger partial charge on any atom is -0.310 e. The van der Waals surface area contributed by atoms with Gasteiger partial charge in [0.05, 0.1) is 9.50 Å². The molecule has 1 aromatic heterocycles. The lowest BCUT2D eigenvalue weighted by Crippen LogP contribution is -2.15. The molecule has 2 aromatic rings. The molecule has 3 rings (SSSR count). The van der Waals surface area contributed by atoms with Crippen LogP contribution in [0.15, 0.2) is 50.9 Å². The summed E-state index contributed by atoms with van der Waals surface area (Å²) in [7, 11) is 0. The summed E-state index contributed by atoms with van der Waals surface area (Å²) in [5.41, 5.74) is 1.23. The van der Waals surface area contributed by atoms with E-state index in [4.69, 9.17) is 11.6 Å². The first-order chi connectivity index (χ1) is 9.72. The van der Waals surface area contributed by atoms with E-state index in [0.29, 0.717) is 6.04 Å². The SMILES string of the molecule is Clc1cc(CNC2CC2)ccc1Sc1ncccc1Br. The van der Waals surface area contributed by atoms with E-state index in [-0.39, 0.29) is 0 Å². The van der Waals surface area contributed by atoms with Gasteiger partial charge in [-0.1, -0.05) is 29.4 Å². The molecule has 1 heterocycles. The third-order valence-corrected chi connectivity index (χ3v) is 5.52. The lowest BCUT2D eigenvalue weighted by atomic mass is 10.2. The molecule has 5 heteroatoms. The van der Waals surface area contributed by atoms with Gasteiger partial charge in [-0.25, -0.2) is 4.98 Å². The van der Waals surface area contributed by atoms with Gasteiger partial charge in [-0.3, -0.25) is 0 Å². The molecule has 1 aliphatic rings. The van der Waals surface area contributed by atoms with Crippen LogP contribution in [0.2, 0.25) is 5.02 Å². The normalized spacial score (nSPS) is 14.5. The van der Waals surface area contributed by atoms with Crippen LogP contribution in [0.4, 0.5) is 0 Å². The molecule has 0 spiro atoms. The number of hydrogen-bond donors (Lipinski definition) is 1. The molecular formula is C15H14BrClN2S. The minimum absolute atomic E-state index is 0.715. The molecule has 20 heavy (non-hydrogen) atoms. The van der Waals surface area contributed by atoms with Gasteiger partial charge in [0, 0.05) is 23.7 Å². The number of rotatable bonds is 5. The van der Waals surface area contributed by atoms with Crippen LogP contribution >= 0.6 is 39.3 Å². The maximum atomic E-state index is 6.37. The number of pyridine rings is 1. The molecule has 1 saturated carbocycles. The zero-order valence-electron chi connectivity index (χ0n) is 10.8. The lowest BCUT2D eigenvalue weighted by molar-refractivity contribution is 0.687. The van der Waals surface area contributed by atoms with Crippen LogP contribution < -0.4 is 5.32 Å². The van der Waals surface area contributed by atoms with Crippen LogP contribution in [0, 0.1) is 0 Å². The highest BCUT2D eigenvalue weighted by atomic mass is 79.9. The first-order valence-electron chi connectivity index (χ1n) is 6.52. The van der Waals surface area contributed by atoms with Gasteiger partial charge in [-0.2, -0.15) is 0 Å². The standard InChI is InChI=1S/C15H14BrClN2S/c16-12-2-1-7-18-15(12)20-14-6-3-10(8-13(14)17)9-19-11-4-5-11/h1-3,6-8,11,19H,4-5,9H2. The van der Waals surface area contributed by atoms with E-state index >= 15 is 0 Å². The molecular weight excluding hydrogens is 356 g/mol. The first kappa shape index (κ1) is 14.4. The van der Waals surface area contributed by atoms with Gasteiger partial charge in [0.2, 0.25) is 0 Å². The number of aromatic nitrogens is 1. The van der Waals surface area contributed by atoms with E-state index in [1.807, 2.05) is 18.2 Å². The number of nitrogens with one attached hydrogen (secondary N) is 1. The lowest BCUT2D eigenvalue weighted by Gasteiger charge is -2.08. The highest BCUT2D eigenvalue weighted by molar-refractivity contribution is 9.10. The van der Waals surface area contributed by atoms with E-state index in [9.17, 15) is 0 Å². The third-order valence-electron chi connectivity index (χ3n) is 3.10. The summed E-state index contributed by atoms with van der Waals surface area (Å²) in [6.07, 6.45) is 4.39. The van der Waals surface area contributed by atoms with Gasteiger partial charge in [-0.05, 0) is 58.6 Å². The second-order valence-electron chi connectivity index (χ2n) is 4.81. The monoisotopic (exact) mass is 368 g/mol. The Morgan fingerprint density at radius 3 is 2.90 bits per heavy atom. The average molecular weight is 370 g/mol. The second kappa shape index (κ2) is 6.48. The maximum absolute atomic E-state index is 6.37. The number of halogens is 2. The fourth-order valence-corrected chi connectivity index (χ4v) is 3.43. The number of benzene rings is 1. The van der Waals surface area contributed by atoms with E-state index in [1.54, 1.807) is 18.0 Å². The van der Waals surface area contributed by atoms with Crippen molar-refractivity contribution in [2.45, 2.75) is 35.3 Å². The molecule has 1 N–H and O–H groups in total. The first-order valence-corrected chi connectivity index (χ1v) is 8.51.